The normalized spacial score (nSPS) is 9.70. The van der Waals surface area contributed by atoms with Crippen molar-refractivity contribution in [1.29, 1.82) is 5.26 Å². The minimum Gasteiger partial charge on any atom is -0.490 e. The first-order valence-electron chi connectivity index (χ1n) is 6.04. The first kappa shape index (κ1) is 16.3. The van der Waals surface area contributed by atoms with E-state index in [0.717, 1.165) is 5.56 Å². The van der Waals surface area contributed by atoms with Crippen LogP contribution in [0.5, 0.6) is 11.5 Å². The van der Waals surface area contributed by atoms with E-state index in [2.05, 4.69) is 21.2 Å². The van der Waals surface area contributed by atoms with Gasteiger partial charge in [0, 0.05) is 6.54 Å². The Labute approximate surface area is 126 Å². The van der Waals surface area contributed by atoms with Gasteiger partial charge in [-0.2, -0.15) is 5.26 Å². The highest BCUT2D eigenvalue weighted by atomic mass is 79.9. The zero-order valence-corrected chi connectivity index (χ0v) is 12.7. The highest BCUT2D eigenvalue weighted by Crippen LogP contribution is 2.36. The number of hydrogen-bond acceptors (Lipinski definition) is 5. The van der Waals surface area contributed by atoms with Crippen molar-refractivity contribution in [2.24, 2.45) is 5.73 Å². The lowest BCUT2D eigenvalue weighted by atomic mass is 10.2. The molecule has 0 heterocycles. The molecule has 0 radical (unpaired) electrons. The third-order valence-electron chi connectivity index (χ3n) is 2.32. The van der Waals surface area contributed by atoms with E-state index in [-0.39, 0.29) is 19.1 Å². The van der Waals surface area contributed by atoms with E-state index < -0.39 is 0 Å². The van der Waals surface area contributed by atoms with Crippen LogP contribution in [0.4, 0.5) is 0 Å². The first-order chi connectivity index (χ1) is 9.62. The molecule has 0 spiro atoms. The Morgan fingerprint density at radius 2 is 2.25 bits per heavy atom. The molecule has 0 fully saturated rings. The van der Waals surface area contributed by atoms with Crippen LogP contribution in [0.25, 0.3) is 0 Å². The molecule has 3 N–H and O–H groups in total. The van der Waals surface area contributed by atoms with E-state index in [1.165, 1.54) is 0 Å². The second kappa shape index (κ2) is 8.40. The molecule has 0 bridgehead atoms. The van der Waals surface area contributed by atoms with Gasteiger partial charge in [-0.15, -0.1) is 0 Å². The number of nitrogens with one attached hydrogen (secondary N) is 1. The lowest BCUT2D eigenvalue weighted by Crippen LogP contribution is -2.29. The van der Waals surface area contributed by atoms with Crippen molar-refractivity contribution in [3.05, 3.63) is 22.2 Å². The third-order valence-corrected chi connectivity index (χ3v) is 2.91. The van der Waals surface area contributed by atoms with Gasteiger partial charge in [-0.1, -0.05) is 0 Å². The van der Waals surface area contributed by atoms with Crippen molar-refractivity contribution in [3.63, 3.8) is 0 Å². The number of nitriles is 1. The molecule has 7 heteroatoms. The topological polar surface area (TPSA) is 97.4 Å². The quantitative estimate of drug-likeness (QED) is 0.729. The Bertz CT molecular complexity index is 514. The third kappa shape index (κ3) is 4.72. The number of carbonyl (C=O) groups excluding carboxylic acids is 1. The molecule has 0 unspecified atom stereocenters. The largest absolute Gasteiger partial charge is 0.490 e. The number of amides is 1. The summed E-state index contributed by atoms with van der Waals surface area (Å²) in [7, 11) is 0. The Balaban J connectivity index is 2.82. The minimum absolute atomic E-state index is 0.0478. The first-order valence-corrected chi connectivity index (χ1v) is 6.83. The van der Waals surface area contributed by atoms with Crippen LogP contribution < -0.4 is 20.5 Å². The summed E-state index contributed by atoms with van der Waals surface area (Å²) in [5, 5.41) is 10.8. The van der Waals surface area contributed by atoms with Gasteiger partial charge in [0.15, 0.2) is 18.1 Å². The molecule has 1 aromatic rings. The fraction of sp³-hybridized carbons (Fsp3) is 0.385. The molecular weight excluding hydrogens is 326 g/mol. The van der Waals surface area contributed by atoms with Gasteiger partial charge in [0.2, 0.25) is 0 Å². The van der Waals surface area contributed by atoms with Gasteiger partial charge < -0.3 is 20.5 Å². The highest BCUT2D eigenvalue weighted by Gasteiger charge is 2.13. The Hall–Kier alpha value is -1.78. The average Bonchev–Trinajstić information content (AvgIpc) is 2.44. The maximum atomic E-state index is 11.4. The van der Waals surface area contributed by atoms with Crippen LogP contribution in [0.1, 0.15) is 12.5 Å². The van der Waals surface area contributed by atoms with Gasteiger partial charge in [0.1, 0.15) is 6.54 Å². The summed E-state index contributed by atoms with van der Waals surface area (Å²) in [4.78, 5) is 11.4. The maximum absolute atomic E-state index is 11.4. The van der Waals surface area contributed by atoms with E-state index in [4.69, 9.17) is 20.5 Å². The lowest BCUT2D eigenvalue weighted by molar-refractivity contribution is -0.122. The molecule has 20 heavy (non-hydrogen) atoms. The summed E-state index contributed by atoms with van der Waals surface area (Å²) in [5.74, 6) is 0.593. The molecule has 108 valence electrons. The molecule has 0 saturated carbocycles. The zero-order valence-electron chi connectivity index (χ0n) is 11.1. The van der Waals surface area contributed by atoms with Gasteiger partial charge in [0.25, 0.3) is 5.91 Å². The fourth-order valence-electron chi connectivity index (χ4n) is 1.47. The van der Waals surface area contributed by atoms with Crippen LogP contribution in [0, 0.1) is 11.3 Å². The highest BCUT2D eigenvalue weighted by molar-refractivity contribution is 9.10. The van der Waals surface area contributed by atoms with Gasteiger partial charge in [-0.25, -0.2) is 0 Å². The number of carbonyl (C=O) groups is 1. The van der Waals surface area contributed by atoms with Crippen LogP contribution in [0.2, 0.25) is 0 Å². The maximum Gasteiger partial charge on any atom is 0.258 e. The number of nitrogens with two attached hydrogens (primary N) is 1. The molecule has 0 aliphatic rings. The van der Waals surface area contributed by atoms with Crippen molar-refractivity contribution in [3.8, 4) is 17.6 Å². The van der Waals surface area contributed by atoms with E-state index in [1.807, 2.05) is 19.1 Å². The van der Waals surface area contributed by atoms with E-state index in [9.17, 15) is 4.79 Å². The molecule has 0 saturated heterocycles. The molecule has 1 amide bonds. The summed E-state index contributed by atoms with van der Waals surface area (Å²) in [6.07, 6.45) is 0. The van der Waals surface area contributed by atoms with Crippen molar-refractivity contribution >= 4 is 21.8 Å². The predicted octanol–water partition coefficient (Wildman–Crippen LogP) is 1.33. The summed E-state index contributed by atoms with van der Waals surface area (Å²) in [6.45, 7) is 2.46. The molecule has 0 atom stereocenters. The predicted molar refractivity (Wildman–Crippen MR) is 77.3 cm³/mol. The second-order valence-corrected chi connectivity index (χ2v) is 4.62. The number of benzene rings is 1. The van der Waals surface area contributed by atoms with Crippen LogP contribution in [0.15, 0.2) is 16.6 Å². The number of hydrogen-bond donors (Lipinski definition) is 2. The second-order valence-electron chi connectivity index (χ2n) is 3.77. The average molecular weight is 342 g/mol. The van der Waals surface area contributed by atoms with E-state index >= 15 is 0 Å². The molecule has 0 aliphatic carbocycles. The molecule has 0 aliphatic heterocycles. The van der Waals surface area contributed by atoms with Crippen molar-refractivity contribution in [1.82, 2.24) is 5.32 Å². The Kier molecular flexibility index (Phi) is 6.84. The Morgan fingerprint density at radius 1 is 1.50 bits per heavy atom. The number of rotatable bonds is 7. The van der Waals surface area contributed by atoms with Gasteiger partial charge in [-0.05, 0) is 40.5 Å². The van der Waals surface area contributed by atoms with Crippen molar-refractivity contribution in [2.75, 3.05) is 19.8 Å². The fourth-order valence-corrected chi connectivity index (χ4v) is 2.07. The smallest absolute Gasteiger partial charge is 0.258 e. The summed E-state index contributed by atoms with van der Waals surface area (Å²) in [5.41, 5.74) is 6.49. The number of ether oxygens (including phenoxy) is 2. The summed E-state index contributed by atoms with van der Waals surface area (Å²) >= 11 is 3.37. The molecule has 1 aromatic carbocycles. The van der Waals surface area contributed by atoms with Gasteiger partial charge in [-0.3, -0.25) is 4.79 Å². The molecule has 1 rings (SSSR count). The van der Waals surface area contributed by atoms with E-state index in [0.29, 0.717) is 29.1 Å². The monoisotopic (exact) mass is 341 g/mol. The molecule has 6 nitrogen and oxygen atoms in total. The van der Waals surface area contributed by atoms with Crippen LogP contribution in [-0.4, -0.2) is 25.7 Å². The summed E-state index contributed by atoms with van der Waals surface area (Å²) in [6, 6.07) is 5.40. The van der Waals surface area contributed by atoms with Gasteiger partial charge >= 0.3 is 0 Å². The zero-order chi connectivity index (χ0) is 15.0. The van der Waals surface area contributed by atoms with E-state index in [1.54, 1.807) is 6.07 Å². The van der Waals surface area contributed by atoms with Gasteiger partial charge in [0.05, 0.1) is 17.1 Å². The SMILES string of the molecule is CCOc1cc(CN)cc(Br)c1OCC(=O)NCC#N. The van der Waals surface area contributed by atoms with Crippen LogP contribution >= 0.6 is 15.9 Å². The van der Waals surface area contributed by atoms with Crippen LogP contribution in [0.3, 0.4) is 0 Å². The Morgan fingerprint density at radius 3 is 2.85 bits per heavy atom. The molecular formula is C13H16BrN3O3. The van der Waals surface area contributed by atoms with Crippen LogP contribution in [-0.2, 0) is 11.3 Å². The number of nitrogens with zero attached hydrogens (tertiary/aromatic N) is 1. The van der Waals surface area contributed by atoms with Crippen molar-refractivity contribution in [2.45, 2.75) is 13.5 Å². The summed E-state index contributed by atoms with van der Waals surface area (Å²) < 4.78 is 11.6. The molecule has 0 aromatic heterocycles. The lowest BCUT2D eigenvalue weighted by Gasteiger charge is -2.14. The standard InChI is InChI=1S/C13H16BrN3O3/c1-2-19-11-6-9(7-16)5-10(14)13(11)20-8-12(18)17-4-3-15/h5-6H,2,4,7-8,16H2,1H3,(H,17,18). The number of halogens is 1. The minimum atomic E-state index is -0.371. The van der Waals surface area contributed by atoms with Crippen molar-refractivity contribution < 1.29 is 14.3 Å².